The highest BCUT2D eigenvalue weighted by Crippen LogP contribution is 2.16. The number of benzene rings is 2. The molecule has 0 saturated carbocycles. The molecule has 1 N–H and O–H groups in total. The highest BCUT2D eigenvalue weighted by Gasteiger charge is 2.20. The number of amides is 1. The first-order chi connectivity index (χ1) is 12.6. The van der Waals surface area contributed by atoms with Gasteiger partial charge in [-0.2, -0.15) is 0 Å². The highest BCUT2D eigenvalue weighted by atomic mass is 19.1. The molecule has 0 radical (unpaired) electrons. The van der Waals surface area contributed by atoms with Crippen molar-refractivity contribution in [3.8, 4) is 0 Å². The van der Waals surface area contributed by atoms with Crippen LogP contribution in [-0.2, 0) is 11.3 Å². The Morgan fingerprint density at radius 3 is 2.38 bits per heavy atom. The van der Waals surface area contributed by atoms with Gasteiger partial charge < -0.3 is 9.88 Å². The van der Waals surface area contributed by atoms with Gasteiger partial charge in [0, 0.05) is 18.3 Å². The molecule has 2 aromatic carbocycles. The molecule has 0 saturated heterocycles. The summed E-state index contributed by atoms with van der Waals surface area (Å²) in [5, 5.41) is 2.82. The number of nitrogens with zero attached hydrogens (tertiary/aromatic N) is 1. The molecule has 1 heterocycles. The Labute approximate surface area is 151 Å². The van der Waals surface area contributed by atoms with E-state index in [0.717, 1.165) is 5.56 Å². The lowest BCUT2D eigenvalue weighted by Gasteiger charge is -2.17. The van der Waals surface area contributed by atoms with Crippen LogP contribution in [0.2, 0.25) is 0 Å². The van der Waals surface area contributed by atoms with Gasteiger partial charge in [0.2, 0.25) is 11.7 Å². The molecule has 0 spiro atoms. The van der Waals surface area contributed by atoms with E-state index in [1.165, 1.54) is 12.1 Å². The van der Waals surface area contributed by atoms with E-state index in [1.807, 2.05) is 6.07 Å². The zero-order valence-corrected chi connectivity index (χ0v) is 14.4. The van der Waals surface area contributed by atoms with Crippen molar-refractivity contribution < 1.29 is 14.0 Å². The average molecular weight is 350 g/mol. The van der Waals surface area contributed by atoms with Crippen molar-refractivity contribution in [2.45, 2.75) is 19.5 Å². The van der Waals surface area contributed by atoms with Crippen molar-refractivity contribution in [2.24, 2.45) is 0 Å². The Hall–Kier alpha value is -3.21. The molecule has 0 aliphatic rings. The summed E-state index contributed by atoms with van der Waals surface area (Å²) in [6.07, 6.45) is 1.72. The van der Waals surface area contributed by atoms with Gasteiger partial charge in [0.25, 0.3) is 0 Å². The SMILES string of the molecule is C[C@H](C(=O)NCc1ccc(F)cc1)n1cccc1C(=O)c1ccccc1. The number of nitrogens with one attached hydrogen (secondary N) is 1. The number of carbonyl (C=O) groups is 2. The summed E-state index contributed by atoms with van der Waals surface area (Å²) in [6.45, 7) is 2.04. The second-order valence-corrected chi connectivity index (χ2v) is 6.02. The fourth-order valence-corrected chi connectivity index (χ4v) is 2.73. The molecule has 3 rings (SSSR count). The Kier molecular flexibility index (Phi) is 5.27. The summed E-state index contributed by atoms with van der Waals surface area (Å²) in [7, 11) is 0. The minimum absolute atomic E-state index is 0.131. The fraction of sp³-hybridized carbons (Fsp3) is 0.143. The second-order valence-electron chi connectivity index (χ2n) is 6.02. The Morgan fingerprint density at radius 1 is 1.00 bits per heavy atom. The molecule has 5 heteroatoms. The molecule has 1 amide bonds. The largest absolute Gasteiger partial charge is 0.350 e. The van der Waals surface area contributed by atoms with Crippen molar-refractivity contribution in [1.82, 2.24) is 9.88 Å². The minimum Gasteiger partial charge on any atom is -0.350 e. The van der Waals surface area contributed by atoms with E-state index in [1.54, 1.807) is 66.2 Å². The molecule has 26 heavy (non-hydrogen) atoms. The van der Waals surface area contributed by atoms with Gasteiger partial charge in [-0.3, -0.25) is 9.59 Å². The lowest BCUT2D eigenvalue weighted by atomic mass is 10.1. The van der Waals surface area contributed by atoms with Gasteiger partial charge >= 0.3 is 0 Å². The first-order valence-electron chi connectivity index (χ1n) is 8.35. The molecule has 0 aliphatic heterocycles. The number of halogens is 1. The summed E-state index contributed by atoms with van der Waals surface area (Å²) in [5.41, 5.74) is 1.84. The maximum atomic E-state index is 12.9. The van der Waals surface area contributed by atoms with Crippen LogP contribution in [-0.4, -0.2) is 16.3 Å². The summed E-state index contributed by atoms with van der Waals surface area (Å²) < 4.78 is 14.6. The quantitative estimate of drug-likeness (QED) is 0.689. The number of rotatable bonds is 6. The maximum absolute atomic E-state index is 12.9. The minimum atomic E-state index is -0.548. The zero-order chi connectivity index (χ0) is 18.5. The molecule has 0 fully saturated rings. The average Bonchev–Trinajstić information content (AvgIpc) is 3.16. The van der Waals surface area contributed by atoms with Gasteiger partial charge in [-0.1, -0.05) is 42.5 Å². The highest BCUT2D eigenvalue weighted by molar-refractivity contribution is 6.08. The molecule has 132 valence electrons. The summed E-state index contributed by atoms with van der Waals surface area (Å²) in [5.74, 6) is -0.661. The topological polar surface area (TPSA) is 51.1 Å². The number of hydrogen-bond acceptors (Lipinski definition) is 2. The molecule has 3 aromatic rings. The Bertz CT molecular complexity index is 901. The monoisotopic (exact) mass is 350 g/mol. The van der Waals surface area contributed by atoms with Gasteiger partial charge in [-0.25, -0.2) is 4.39 Å². The molecule has 0 unspecified atom stereocenters. The Balaban J connectivity index is 1.71. The van der Waals surface area contributed by atoms with Crippen molar-refractivity contribution in [3.05, 3.63) is 95.6 Å². The second kappa shape index (κ2) is 7.78. The fourth-order valence-electron chi connectivity index (χ4n) is 2.73. The third kappa shape index (κ3) is 3.88. The third-order valence-corrected chi connectivity index (χ3v) is 4.22. The standard InChI is InChI=1S/C21H19FN2O2/c1-15(21(26)23-14-16-9-11-18(22)12-10-16)24-13-5-8-19(24)20(25)17-6-3-2-4-7-17/h2-13,15H,14H2,1H3,(H,23,26)/t15-/m1/s1. The van der Waals surface area contributed by atoms with E-state index in [4.69, 9.17) is 0 Å². The van der Waals surface area contributed by atoms with Crippen LogP contribution in [0.4, 0.5) is 4.39 Å². The zero-order valence-electron chi connectivity index (χ0n) is 14.4. The van der Waals surface area contributed by atoms with Crippen molar-refractivity contribution in [1.29, 1.82) is 0 Å². The van der Waals surface area contributed by atoms with Crippen LogP contribution in [0, 0.1) is 5.82 Å². The summed E-state index contributed by atoms with van der Waals surface area (Å²) >= 11 is 0. The van der Waals surface area contributed by atoms with Crippen LogP contribution in [0.25, 0.3) is 0 Å². The van der Waals surface area contributed by atoms with E-state index in [9.17, 15) is 14.0 Å². The maximum Gasteiger partial charge on any atom is 0.243 e. The summed E-state index contributed by atoms with van der Waals surface area (Å²) in [6, 6.07) is 17.8. The van der Waals surface area contributed by atoms with E-state index in [-0.39, 0.29) is 17.5 Å². The normalized spacial score (nSPS) is 11.8. The molecule has 1 atom stereocenters. The molecular weight excluding hydrogens is 331 g/mol. The lowest BCUT2D eigenvalue weighted by Crippen LogP contribution is -2.31. The molecule has 0 aliphatic carbocycles. The lowest BCUT2D eigenvalue weighted by molar-refractivity contribution is -0.124. The number of carbonyl (C=O) groups excluding carboxylic acids is 2. The molecule has 0 bridgehead atoms. The molecule has 1 aromatic heterocycles. The molecule has 4 nitrogen and oxygen atoms in total. The number of ketones is 1. The van der Waals surface area contributed by atoms with Gasteiger partial charge in [-0.05, 0) is 36.8 Å². The van der Waals surface area contributed by atoms with E-state index >= 15 is 0 Å². The first kappa shape index (κ1) is 17.6. The van der Waals surface area contributed by atoms with Crippen molar-refractivity contribution >= 4 is 11.7 Å². The number of hydrogen-bond donors (Lipinski definition) is 1. The van der Waals surface area contributed by atoms with Crippen LogP contribution >= 0.6 is 0 Å². The van der Waals surface area contributed by atoms with Gasteiger partial charge in [0.1, 0.15) is 11.9 Å². The predicted molar refractivity (Wildman–Crippen MR) is 97.3 cm³/mol. The van der Waals surface area contributed by atoms with Crippen LogP contribution < -0.4 is 5.32 Å². The van der Waals surface area contributed by atoms with Crippen molar-refractivity contribution in [2.75, 3.05) is 0 Å². The van der Waals surface area contributed by atoms with E-state index in [2.05, 4.69) is 5.32 Å². The Morgan fingerprint density at radius 2 is 1.69 bits per heavy atom. The van der Waals surface area contributed by atoms with Crippen LogP contribution in [0.1, 0.15) is 34.6 Å². The van der Waals surface area contributed by atoms with Gasteiger partial charge in [0.05, 0.1) is 5.69 Å². The van der Waals surface area contributed by atoms with Crippen molar-refractivity contribution in [3.63, 3.8) is 0 Å². The third-order valence-electron chi connectivity index (χ3n) is 4.22. The van der Waals surface area contributed by atoms with E-state index < -0.39 is 6.04 Å². The number of aromatic nitrogens is 1. The van der Waals surface area contributed by atoms with Crippen LogP contribution in [0.15, 0.2) is 72.9 Å². The molecular formula is C21H19FN2O2. The van der Waals surface area contributed by atoms with Gasteiger partial charge in [0.15, 0.2) is 0 Å². The summed E-state index contributed by atoms with van der Waals surface area (Å²) in [4.78, 5) is 25.2. The predicted octanol–water partition coefficient (Wildman–Crippen LogP) is 3.74. The smallest absolute Gasteiger partial charge is 0.243 e. The van der Waals surface area contributed by atoms with E-state index in [0.29, 0.717) is 17.8 Å². The van der Waals surface area contributed by atoms with Crippen LogP contribution in [0.3, 0.4) is 0 Å². The first-order valence-corrected chi connectivity index (χ1v) is 8.35. The van der Waals surface area contributed by atoms with Gasteiger partial charge in [-0.15, -0.1) is 0 Å². The van der Waals surface area contributed by atoms with Crippen LogP contribution in [0.5, 0.6) is 0 Å².